The van der Waals surface area contributed by atoms with E-state index in [-0.39, 0.29) is 5.82 Å². The monoisotopic (exact) mass is 204 g/mol. The van der Waals surface area contributed by atoms with Crippen molar-refractivity contribution in [3.8, 4) is 0 Å². The molecule has 0 radical (unpaired) electrons. The zero-order valence-corrected chi connectivity index (χ0v) is 6.99. The number of rotatable bonds is 1. The van der Waals surface area contributed by atoms with Crippen LogP contribution in [-0.4, -0.2) is 0 Å². The topological polar surface area (TPSA) is 27.6 Å². The molecule has 1 rings (SSSR count). The molecular formula is C7H8BrFN+. The first kappa shape index (κ1) is 7.69. The second-order valence-electron chi connectivity index (χ2n) is 2.00. The van der Waals surface area contributed by atoms with E-state index >= 15 is 0 Å². The molecule has 0 bridgehead atoms. The smallest absolute Gasteiger partial charge is 0.137 e. The summed E-state index contributed by atoms with van der Waals surface area (Å²) in [6.07, 6.45) is 0. The van der Waals surface area contributed by atoms with Gasteiger partial charge < -0.3 is 5.73 Å². The lowest BCUT2D eigenvalue weighted by Crippen LogP contribution is -2.47. The van der Waals surface area contributed by atoms with Crippen LogP contribution in [0.1, 0.15) is 5.56 Å². The zero-order valence-electron chi connectivity index (χ0n) is 5.40. The van der Waals surface area contributed by atoms with Crippen LogP contribution in [0, 0.1) is 5.82 Å². The Morgan fingerprint density at radius 3 is 2.70 bits per heavy atom. The Bertz CT molecular complexity index is 237. The van der Waals surface area contributed by atoms with E-state index in [1.165, 1.54) is 6.07 Å². The fourth-order valence-corrected chi connectivity index (χ4v) is 1.12. The molecule has 3 heteroatoms. The third kappa shape index (κ3) is 1.55. The minimum absolute atomic E-state index is 0.225. The van der Waals surface area contributed by atoms with Gasteiger partial charge in [-0.05, 0) is 28.1 Å². The molecule has 0 fully saturated rings. The zero-order chi connectivity index (χ0) is 7.56. The van der Waals surface area contributed by atoms with Crippen molar-refractivity contribution in [3.63, 3.8) is 0 Å². The molecule has 3 N–H and O–H groups in total. The minimum atomic E-state index is -0.225. The number of benzene rings is 1. The van der Waals surface area contributed by atoms with Crippen molar-refractivity contribution in [3.05, 3.63) is 34.1 Å². The summed E-state index contributed by atoms with van der Waals surface area (Å²) in [7, 11) is 0. The summed E-state index contributed by atoms with van der Waals surface area (Å²) < 4.78 is 13.1. The molecule has 0 aromatic heterocycles. The summed E-state index contributed by atoms with van der Waals surface area (Å²) in [6.45, 7) is 0.693. The van der Waals surface area contributed by atoms with Crippen LogP contribution in [0.5, 0.6) is 0 Å². The number of hydrogen-bond donors (Lipinski definition) is 1. The Hall–Kier alpha value is -0.410. The van der Waals surface area contributed by atoms with Crippen LogP contribution < -0.4 is 5.73 Å². The highest BCUT2D eigenvalue weighted by atomic mass is 79.9. The van der Waals surface area contributed by atoms with Gasteiger partial charge in [-0.2, -0.15) is 0 Å². The first-order chi connectivity index (χ1) is 4.74. The van der Waals surface area contributed by atoms with Gasteiger partial charge in [0.05, 0.1) is 11.0 Å². The van der Waals surface area contributed by atoms with Crippen molar-refractivity contribution in [2.75, 3.05) is 0 Å². The molecule has 1 aromatic rings. The Kier molecular flexibility index (Phi) is 2.40. The lowest BCUT2D eigenvalue weighted by molar-refractivity contribution is -0.386. The summed E-state index contributed by atoms with van der Waals surface area (Å²) in [4.78, 5) is 0. The van der Waals surface area contributed by atoms with Gasteiger partial charge in [-0.25, -0.2) is 4.39 Å². The van der Waals surface area contributed by atoms with Crippen molar-refractivity contribution >= 4 is 15.9 Å². The van der Waals surface area contributed by atoms with E-state index in [9.17, 15) is 4.39 Å². The number of halogens is 2. The van der Waals surface area contributed by atoms with E-state index in [1.807, 2.05) is 0 Å². The quantitative estimate of drug-likeness (QED) is 0.716. The predicted octanol–water partition coefficient (Wildman–Crippen LogP) is 1.33. The fourth-order valence-electron chi connectivity index (χ4n) is 0.695. The molecule has 0 saturated heterocycles. The summed E-state index contributed by atoms with van der Waals surface area (Å²) in [5.74, 6) is -0.225. The van der Waals surface area contributed by atoms with Gasteiger partial charge in [-0.1, -0.05) is 6.07 Å². The molecule has 0 saturated carbocycles. The summed E-state index contributed by atoms with van der Waals surface area (Å²) >= 11 is 3.08. The molecule has 0 amide bonds. The van der Waals surface area contributed by atoms with Crippen LogP contribution in [-0.2, 0) is 6.54 Å². The SMILES string of the molecule is [NH3+]Cc1ccc(F)c(Br)c1. The van der Waals surface area contributed by atoms with Gasteiger partial charge in [0.25, 0.3) is 0 Å². The highest BCUT2D eigenvalue weighted by molar-refractivity contribution is 9.10. The first-order valence-corrected chi connectivity index (χ1v) is 3.76. The van der Waals surface area contributed by atoms with Crippen molar-refractivity contribution in [2.24, 2.45) is 0 Å². The number of quaternary nitrogens is 1. The van der Waals surface area contributed by atoms with E-state index in [4.69, 9.17) is 0 Å². The van der Waals surface area contributed by atoms with Gasteiger partial charge in [0.1, 0.15) is 5.82 Å². The first-order valence-electron chi connectivity index (χ1n) is 2.97. The molecule has 0 aliphatic carbocycles. The predicted molar refractivity (Wildman–Crippen MR) is 40.7 cm³/mol. The van der Waals surface area contributed by atoms with E-state index in [0.29, 0.717) is 11.0 Å². The van der Waals surface area contributed by atoms with Gasteiger partial charge in [0.2, 0.25) is 0 Å². The van der Waals surface area contributed by atoms with Crippen molar-refractivity contribution in [1.29, 1.82) is 0 Å². The molecular weight excluding hydrogens is 197 g/mol. The minimum Gasteiger partial charge on any atom is -0.354 e. The van der Waals surface area contributed by atoms with Crippen LogP contribution in [0.15, 0.2) is 22.7 Å². The van der Waals surface area contributed by atoms with Gasteiger partial charge in [-0.3, -0.25) is 0 Å². The van der Waals surface area contributed by atoms with Crippen LogP contribution >= 0.6 is 15.9 Å². The van der Waals surface area contributed by atoms with Gasteiger partial charge in [0, 0.05) is 5.56 Å². The maximum atomic E-state index is 12.6. The fraction of sp³-hybridized carbons (Fsp3) is 0.143. The summed E-state index contributed by atoms with van der Waals surface area (Å²) in [5.41, 5.74) is 4.72. The maximum Gasteiger partial charge on any atom is 0.137 e. The van der Waals surface area contributed by atoms with E-state index < -0.39 is 0 Å². The summed E-state index contributed by atoms with van der Waals surface area (Å²) in [6, 6.07) is 4.90. The molecule has 0 unspecified atom stereocenters. The van der Waals surface area contributed by atoms with Crippen LogP contribution in [0.2, 0.25) is 0 Å². The molecule has 1 nitrogen and oxygen atoms in total. The van der Waals surface area contributed by atoms with Gasteiger partial charge in [0.15, 0.2) is 0 Å². The Balaban J connectivity index is 3.04. The van der Waals surface area contributed by atoms with Crippen LogP contribution in [0.4, 0.5) is 4.39 Å². The lowest BCUT2D eigenvalue weighted by Gasteiger charge is -1.95. The summed E-state index contributed by atoms with van der Waals surface area (Å²) in [5, 5.41) is 0. The second-order valence-corrected chi connectivity index (χ2v) is 2.85. The second kappa shape index (κ2) is 3.12. The highest BCUT2D eigenvalue weighted by Gasteiger charge is 1.98. The van der Waals surface area contributed by atoms with Gasteiger partial charge in [-0.15, -0.1) is 0 Å². The largest absolute Gasteiger partial charge is 0.354 e. The lowest BCUT2D eigenvalue weighted by atomic mass is 10.2. The Morgan fingerprint density at radius 1 is 1.50 bits per heavy atom. The van der Waals surface area contributed by atoms with Gasteiger partial charge >= 0.3 is 0 Å². The van der Waals surface area contributed by atoms with Crippen molar-refractivity contribution in [2.45, 2.75) is 6.54 Å². The average molecular weight is 205 g/mol. The Morgan fingerprint density at radius 2 is 2.20 bits per heavy atom. The van der Waals surface area contributed by atoms with Crippen molar-refractivity contribution < 1.29 is 10.1 Å². The molecule has 54 valence electrons. The molecule has 0 heterocycles. The van der Waals surface area contributed by atoms with Crippen LogP contribution in [0.25, 0.3) is 0 Å². The molecule has 0 spiro atoms. The van der Waals surface area contributed by atoms with E-state index in [2.05, 4.69) is 21.7 Å². The number of hydrogen-bond acceptors (Lipinski definition) is 0. The van der Waals surface area contributed by atoms with Crippen molar-refractivity contribution in [1.82, 2.24) is 0 Å². The third-order valence-electron chi connectivity index (χ3n) is 1.27. The molecule has 10 heavy (non-hydrogen) atoms. The maximum absolute atomic E-state index is 12.6. The highest BCUT2D eigenvalue weighted by Crippen LogP contribution is 2.15. The van der Waals surface area contributed by atoms with E-state index in [1.54, 1.807) is 12.1 Å². The molecule has 0 atom stereocenters. The molecule has 0 aliphatic heterocycles. The van der Waals surface area contributed by atoms with E-state index in [0.717, 1.165) is 5.56 Å². The van der Waals surface area contributed by atoms with Crippen LogP contribution in [0.3, 0.4) is 0 Å². The molecule has 1 aromatic carbocycles. The molecule has 0 aliphatic rings. The normalized spacial score (nSPS) is 9.90. The average Bonchev–Trinajstić information content (AvgIpc) is 1.95. The standard InChI is InChI=1S/C7H7BrFN/c8-6-3-5(4-10)1-2-7(6)9/h1-3H,4,10H2/p+1. The Labute approximate surface area is 67.2 Å². The third-order valence-corrected chi connectivity index (χ3v) is 1.88.